The number of nitrogens with zero attached hydrogens (tertiary/aromatic N) is 2. The standard InChI is InChI=1S/C10H9BrN4O4S/c11-7-1-2-8(15(16)17)9(5-7)20(18,19)14-6-10-12-3-4-13-10/h1-5,14H,6H2,(H,12,13). The Morgan fingerprint density at radius 2 is 2.20 bits per heavy atom. The summed E-state index contributed by atoms with van der Waals surface area (Å²) in [4.78, 5) is 16.3. The maximum atomic E-state index is 12.1. The van der Waals surface area contributed by atoms with Crippen molar-refractivity contribution in [3.63, 3.8) is 0 Å². The van der Waals surface area contributed by atoms with Crippen molar-refractivity contribution in [2.45, 2.75) is 11.4 Å². The predicted molar refractivity (Wildman–Crippen MR) is 73.4 cm³/mol. The fourth-order valence-electron chi connectivity index (χ4n) is 1.49. The number of nitro benzene ring substituents is 1. The Hall–Kier alpha value is -1.78. The smallest absolute Gasteiger partial charge is 0.289 e. The third-order valence-corrected chi connectivity index (χ3v) is 4.32. The van der Waals surface area contributed by atoms with E-state index in [1.165, 1.54) is 18.3 Å². The summed E-state index contributed by atoms with van der Waals surface area (Å²) in [6.45, 7) is -0.0843. The molecule has 106 valence electrons. The van der Waals surface area contributed by atoms with E-state index in [0.717, 1.165) is 6.07 Å². The number of nitro groups is 1. The molecule has 2 rings (SSSR count). The van der Waals surface area contributed by atoms with E-state index < -0.39 is 25.5 Å². The zero-order valence-electron chi connectivity index (χ0n) is 9.91. The first kappa shape index (κ1) is 14.6. The topological polar surface area (TPSA) is 118 Å². The van der Waals surface area contributed by atoms with Gasteiger partial charge in [0.25, 0.3) is 5.69 Å². The second-order valence-electron chi connectivity index (χ2n) is 3.73. The van der Waals surface area contributed by atoms with Gasteiger partial charge in [-0.3, -0.25) is 10.1 Å². The summed E-state index contributed by atoms with van der Waals surface area (Å²) < 4.78 is 26.9. The van der Waals surface area contributed by atoms with Crippen molar-refractivity contribution < 1.29 is 13.3 Å². The summed E-state index contributed by atoms with van der Waals surface area (Å²) in [6.07, 6.45) is 3.02. The summed E-state index contributed by atoms with van der Waals surface area (Å²) in [5.74, 6) is 0.409. The minimum atomic E-state index is -4.02. The zero-order chi connectivity index (χ0) is 14.8. The Morgan fingerprint density at radius 3 is 2.80 bits per heavy atom. The highest BCUT2D eigenvalue weighted by Crippen LogP contribution is 2.27. The summed E-state index contributed by atoms with van der Waals surface area (Å²) in [6, 6.07) is 3.72. The molecule has 0 bridgehead atoms. The molecule has 0 unspecified atom stereocenters. The van der Waals surface area contributed by atoms with Crippen molar-refractivity contribution in [1.82, 2.24) is 14.7 Å². The molecular formula is C10H9BrN4O4S. The van der Waals surface area contributed by atoms with Gasteiger partial charge in [-0.15, -0.1) is 0 Å². The van der Waals surface area contributed by atoms with E-state index in [2.05, 4.69) is 30.6 Å². The second kappa shape index (κ2) is 5.69. The molecule has 0 fully saturated rings. The van der Waals surface area contributed by atoms with E-state index in [1.807, 2.05) is 0 Å². The van der Waals surface area contributed by atoms with Crippen LogP contribution in [0.1, 0.15) is 5.82 Å². The molecule has 0 amide bonds. The van der Waals surface area contributed by atoms with E-state index in [9.17, 15) is 18.5 Å². The number of aromatic amines is 1. The van der Waals surface area contributed by atoms with Crippen LogP contribution in [0.2, 0.25) is 0 Å². The third-order valence-electron chi connectivity index (χ3n) is 2.39. The van der Waals surface area contributed by atoms with Gasteiger partial charge in [0.15, 0.2) is 4.90 Å². The van der Waals surface area contributed by atoms with E-state index in [4.69, 9.17) is 0 Å². The lowest BCUT2D eigenvalue weighted by Crippen LogP contribution is -2.24. The predicted octanol–water partition coefficient (Wildman–Crippen LogP) is 1.56. The largest absolute Gasteiger partial charge is 0.347 e. The molecule has 1 aromatic heterocycles. The molecular weight excluding hydrogens is 352 g/mol. The van der Waals surface area contributed by atoms with Crippen LogP contribution in [0.3, 0.4) is 0 Å². The average Bonchev–Trinajstić information content (AvgIpc) is 2.89. The molecule has 1 heterocycles. The van der Waals surface area contributed by atoms with Crippen LogP contribution >= 0.6 is 15.9 Å². The minimum absolute atomic E-state index is 0.0843. The number of rotatable bonds is 5. The van der Waals surface area contributed by atoms with Gasteiger partial charge in [0.1, 0.15) is 5.82 Å². The van der Waals surface area contributed by atoms with Gasteiger partial charge in [0.05, 0.1) is 11.5 Å². The van der Waals surface area contributed by atoms with E-state index >= 15 is 0 Å². The highest BCUT2D eigenvalue weighted by molar-refractivity contribution is 9.10. The first-order valence-corrected chi connectivity index (χ1v) is 7.59. The van der Waals surface area contributed by atoms with Crippen LogP contribution in [0, 0.1) is 10.1 Å². The average molecular weight is 361 g/mol. The number of hydrogen-bond donors (Lipinski definition) is 2. The molecule has 0 aliphatic carbocycles. The lowest BCUT2D eigenvalue weighted by molar-refractivity contribution is -0.387. The lowest BCUT2D eigenvalue weighted by atomic mass is 10.3. The molecule has 1 aromatic carbocycles. The van der Waals surface area contributed by atoms with Gasteiger partial charge in [-0.25, -0.2) is 18.1 Å². The molecule has 8 nitrogen and oxygen atoms in total. The Kier molecular flexibility index (Phi) is 4.16. The zero-order valence-corrected chi connectivity index (χ0v) is 12.3. The van der Waals surface area contributed by atoms with Crippen molar-refractivity contribution in [3.8, 4) is 0 Å². The number of aromatic nitrogens is 2. The van der Waals surface area contributed by atoms with Crippen LogP contribution in [-0.2, 0) is 16.6 Å². The lowest BCUT2D eigenvalue weighted by Gasteiger charge is -2.06. The first-order valence-electron chi connectivity index (χ1n) is 5.32. The monoisotopic (exact) mass is 360 g/mol. The number of benzene rings is 1. The van der Waals surface area contributed by atoms with Gasteiger partial charge < -0.3 is 4.98 Å². The number of H-pyrrole nitrogens is 1. The minimum Gasteiger partial charge on any atom is -0.347 e. The molecule has 0 aliphatic rings. The quantitative estimate of drug-likeness (QED) is 0.619. The molecule has 0 spiro atoms. The molecule has 0 saturated heterocycles. The highest BCUT2D eigenvalue weighted by Gasteiger charge is 2.25. The number of sulfonamides is 1. The fourth-order valence-corrected chi connectivity index (χ4v) is 3.18. The number of imidazole rings is 1. The van der Waals surface area contributed by atoms with Crippen LogP contribution in [0.4, 0.5) is 5.69 Å². The van der Waals surface area contributed by atoms with E-state index in [1.54, 1.807) is 6.20 Å². The molecule has 0 atom stereocenters. The van der Waals surface area contributed by atoms with Crippen LogP contribution in [-0.4, -0.2) is 23.3 Å². The molecule has 0 saturated carbocycles. The summed E-state index contributed by atoms with van der Waals surface area (Å²) in [5, 5.41) is 10.9. The Labute approximate surface area is 122 Å². The summed E-state index contributed by atoms with van der Waals surface area (Å²) in [7, 11) is -4.02. The molecule has 0 radical (unpaired) electrons. The van der Waals surface area contributed by atoms with Crippen LogP contribution in [0.25, 0.3) is 0 Å². The van der Waals surface area contributed by atoms with E-state index in [0.29, 0.717) is 10.3 Å². The molecule has 2 aromatic rings. The number of halogens is 1. The van der Waals surface area contributed by atoms with Crippen molar-refractivity contribution in [2.24, 2.45) is 0 Å². The van der Waals surface area contributed by atoms with Gasteiger partial charge in [-0.2, -0.15) is 0 Å². The molecule has 20 heavy (non-hydrogen) atoms. The maximum Gasteiger partial charge on any atom is 0.289 e. The van der Waals surface area contributed by atoms with Crippen LogP contribution in [0.15, 0.2) is 40.0 Å². The van der Waals surface area contributed by atoms with Crippen molar-refractivity contribution in [2.75, 3.05) is 0 Å². The van der Waals surface area contributed by atoms with Crippen molar-refractivity contribution in [3.05, 3.63) is 51.0 Å². The summed E-state index contributed by atoms with van der Waals surface area (Å²) >= 11 is 3.09. The van der Waals surface area contributed by atoms with Crippen molar-refractivity contribution in [1.29, 1.82) is 0 Å². The van der Waals surface area contributed by atoms with Crippen LogP contribution in [0.5, 0.6) is 0 Å². The first-order chi connectivity index (χ1) is 9.40. The highest BCUT2D eigenvalue weighted by atomic mass is 79.9. The fraction of sp³-hybridized carbons (Fsp3) is 0.100. The van der Waals surface area contributed by atoms with Gasteiger partial charge in [0, 0.05) is 22.9 Å². The Morgan fingerprint density at radius 1 is 1.45 bits per heavy atom. The van der Waals surface area contributed by atoms with E-state index in [-0.39, 0.29) is 6.54 Å². The number of hydrogen-bond acceptors (Lipinski definition) is 5. The van der Waals surface area contributed by atoms with Crippen molar-refractivity contribution >= 4 is 31.6 Å². The number of nitrogens with one attached hydrogen (secondary N) is 2. The Balaban J connectivity index is 2.33. The third kappa shape index (κ3) is 3.21. The molecule has 0 aliphatic heterocycles. The summed E-state index contributed by atoms with van der Waals surface area (Å²) in [5.41, 5.74) is -0.486. The van der Waals surface area contributed by atoms with Gasteiger partial charge in [-0.05, 0) is 12.1 Å². The maximum absolute atomic E-state index is 12.1. The Bertz CT molecular complexity index is 730. The molecule has 2 N–H and O–H groups in total. The van der Waals surface area contributed by atoms with Gasteiger partial charge in [0.2, 0.25) is 10.0 Å². The van der Waals surface area contributed by atoms with Crippen LogP contribution < -0.4 is 4.72 Å². The van der Waals surface area contributed by atoms with Gasteiger partial charge in [-0.1, -0.05) is 15.9 Å². The second-order valence-corrected chi connectivity index (χ2v) is 6.38. The SMILES string of the molecule is O=[N+]([O-])c1ccc(Br)cc1S(=O)(=O)NCc1ncc[nH]1. The van der Waals surface area contributed by atoms with Gasteiger partial charge >= 0.3 is 0 Å². The normalized spacial score (nSPS) is 11.4. The molecule has 10 heteroatoms.